The Morgan fingerprint density at radius 1 is 0.939 bits per heavy atom. The molecular formula is C27H29ClN2O3. The summed E-state index contributed by atoms with van der Waals surface area (Å²) in [5.74, 6) is 0.448. The van der Waals surface area contributed by atoms with Crippen LogP contribution in [0.1, 0.15) is 42.5 Å². The molecule has 3 rings (SSSR count). The SMILES string of the molecule is CCCC(=O)N(Cc1ccc(OC)cc1)[C@H](C(=O)NCc1ccc(Cl)cc1)c1ccccc1. The van der Waals surface area contributed by atoms with Gasteiger partial charge in [-0.15, -0.1) is 0 Å². The average Bonchev–Trinajstić information content (AvgIpc) is 2.84. The molecule has 0 aliphatic rings. The van der Waals surface area contributed by atoms with Crippen molar-refractivity contribution in [3.8, 4) is 5.75 Å². The number of hydrogen-bond donors (Lipinski definition) is 1. The highest BCUT2D eigenvalue weighted by atomic mass is 35.5. The monoisotopic (exact) mass is 464 g/mol. The van der Waals surface area contributed by atoms with Gasteiger partial charge in [-0.3, -0.25) is 9.59 Å². The fourth-order valence-electron chi connectivity index (χ4n) is 3.60. The zero-order valence-electron chi connectivity index (χ0n) is 19.0. The van der Waals surface area contributed by atoms with Crippen molar-refractivity contribution in [2.75, 3.05) is 7.11 Å². The molecule has 33 heavy (non-hydrogen) atoms. The van der Waals surface area contributed by atoms with Gasteiger partial charge in [0.15, 0.2) is 0 Å². The maximum atomic E-state index is 13.5. The smallest absolute Gasteiger partial charge is 0.247 e. The lowest BCUT2D eigenvalue weighted by atomic mass is 10.0. The molecule has 1 N–H and O–H groups in total. The molecule has 0 aliphatic carbocycles. The molecule has 2 amide bonds. The second-order valence-electron chi connectivity index (χ2n) is 7.78. The van der Waals surface area contributed by atoms with E-state index in [-0.39, 0.29) is 11.8 Å². The average molecular weight is 465 g/mol. The second kappa shape index (κ2) is 12.1. The molecule has 5 nitrogen and oxygen atoms in total. The van der Waals surface area contributed by atoms with Crippen LogP contribution in [0.2, 0.25) is 5.02 Å². The zero-order chi connectivity index (χ0) is 23.6. The summed E-state index contributed by atoms with van der Waals surface area (Å²) in [6, 6.07) is 23.5. The van der Waals surface area contributed by atoms with Crippen molar-refractivity contribution in [2.45, 2.75) is 38.9 Å². The summed E-state index contributed by atoms with van der Waals surface area (Å²) in [6.07, 6.45) is 1.07. The van der Waals surface area contributed by atoms with E-state index < -0.39 is 6.04 Å². The Hall–Kier alpha value is -3.31. The molecule has 0 bridgehead atoms. The highest BCUT2D eigenvalue weighted by Gasteiger charge is 2.31. The van der Waals surface area contributed by atoms with Crippen LogP contribution in [0.5, 0.6) is 5.75 Å². The third-order valence-electron chi connectivity index (χ3n) is 5.35. The first-order valence-corrected chi connectivity index (χ1v) is 11.4. The van der Waals surface area contributed by atoms with Gasteiger partial charge in [-0.1, -0.05) is 73.1 Å². The number of halogens is 1. The first-order valence-electron chi connectivity index (χ1n) is 11.0. The third-order valence-corrected chi connectivity index (χ3v) is 5.60. The second-order valence-corrected chi connectivity index (χ2v) is 8.21. The first-order chi connectivity index (χ1) is 16.0. The van der Waals surface area contributed by atoms with E-state index in [1.54, 1.807) is 24.1 Å². The van der Waals surface area contributed by atoms with Gasteiger partial charge in [-0.2, -0.15) is 0 Å². The van der Waals surface area contributed by atoms with Crippen LogP contribution >= 0.6 is 11.6 Å². The van der Waals surface area contributed by atoms with Crippen molar-refractivity contribution in [3.05, 3.63) is 101 Å². The van der Waals surface area contributed by atoms with Gasteiger partial charge in [0, 0.05) is 24.5 Å². The molecule has 3 aromatic carbocycles. The fraction of sp³-hybridized carbons (Fsp3) is 0.259. The van der Waals surface area contributed by atoms with Crippen molar-refractivity contribution >= 4 is 23.4 Å². The number of ether oxygens (including phenoxy) is 1. The minimum absolute atomic E-state index is 0.0659. The number of carbonyl (C=O) groups excluding carboxylic acids is 2. The molecule has 3 aromatic rings. The molecule has 0 fully saturated rings. The maximum Gasteiger partial charge on any atom is 0.247 e. The normalized spacial score (nSPS) is 11.5. The van der Waals surface area contributed by atoms with E-state index in [0.717, 1.165) is 22.4 Å². The summed E-state index contributed by atoms with van der Waals surface area (Å²) < 4.78 is 5.24. The highest BCUT2D eigenvalue weighted by molar-refractivity contribution is 6.30. The lowest BCUT2D eigenvalue weighted by molar-refractivity contribution is -0.141. The topological polar surface area (TPSA) is 58.6 Å². The summed E-state index contributed by atoms with van der Waals surface area (Å²) in [4.78, 5) is 28.3. The molecule has 0 radical (unpaired) electrons. The van der Waals surface area contributed by atoms with E-state index in [4.69, 9.17) is 16.3 Å². The Morgan fingerprint density at radius 2 is 1.58 bits per heavy atom. The van der Waals surface area contributed by atoms with E-state index in [0.29, 0.717) is 31.0 Å². The summed E-state index contributed by atoms with van der Waals surface area (Å²) in [5, 5.41) is 3.64. The van der Waals surface area contributed by atoms with Crippen LogP contribution < -0.4 is 10.1 Å². The lowest BCUT2D eigenvalue weighted by Crippen LogP contribution is -2.43. The van der Waals surface area contributed by atoms with Gasteiger partial charge in [-0.05, 0) is 47.4 Å². The van der Waals surface area contributed by atoms with Gasteiger partial charge in [0.2, 0.25) is 11.8 Å². The first kappa shape index (κ1) is 24.3. The summed E-state index contributed by atoms with van der Waals surface area (Å²) >= 11 is 5.97. The largest absolute Gasteiger partial charge is 0.497 e. The molecule has 0 aliphatic heterocycles. The standard InChI is InChI=1S/C27H29ClN2O3/c1-3-7-25(31)30(19-21-12-16-24(33-2)17-13-21)26(22-8-5-4-6-9-22)27(32)29-18-20-10-14-23(28)15-11-20/h4-6,8-17,26H,3,7,18-19H2,1-2H3,(H,29,32)/t26-/m0/s1. The van der Waals surface area contributed by atoms with Gasteiger partial charge in [0.05, 0.1) is 7.11 Å². The van der Waals surface area contributed by atoms with Crippen molar-refractivity contribution in [1.82, 2.24) is 10.2 Å². The van der Waals surface area contributed by atoms with Crippen molar-refractivity contribution in [1.29, 1.82) is 0 Å². The number of benzene rings is 3. The Kier molecular flexibility index (Phi) is 8.90. The minimum atomic E-state index is -0.750. The molecular weight excluding hydrogens is 436 g/mol. The van der Waals surface area contributed by atoms with Crippen LogP contribution in [0.25, 0.3) is 0 Å². The number of carbonyl (C=O) groups is 2. The lowest BCUT2D eigenvalue weighted by Gasteiger charge is -2.31. The molecule has 0 heterocycles. The molecule has 0 spiro atoms. The van der Waals surface area contributed by atoms with Crippen molar-refractivity contribution in [2.24, 2.45) is 0 Å². The molecule has 6 heteroatoms. The molecule has 172 valence electrons. The van der Waals surface area contributed by atoms with E-state index in [9.17, 15) is 9.59 Å². The van der Waals surface area contributed by atoms with E-state index in [2.05, 4.69) is 5.32 Å². The predicted molar refractivity (Wildman–Crippen MR) is 131 cm³/mol. The predicted octanol–water partition coefficient (Wildman–Crippen LogP) is 5.54. The quantitative estimate of drug-likeness (QED) is 0.429. The number of methoxy groups -OCH3 is 1. The summed E-state index contributed by atoms with van der Waals surface area (Å²) in [5.41, 5.74) is 2.62. The third kappa shape index (κ3) is 6.83. The van der Waals surface area contributed by atoms with Crippen LogP contribution in [-0.2, 0) is 22.7 Å². The van der Waals surface area contributed by atoms with Crippen LogP contribution in [-0.4, -0.2) is 23.8 Å². The molecule has 0 unspecified atom stereocenters. The maximum absolute atomic E-state index is 13.5. The van der Waals surface area contributed by atoms with Gasteiger partial charge in [0.1, 0.15) is 11.8 Å². The Labute approximate surface area is 200 Å². The van der Waals surface area contributed by atoms with Crippen LogP contribution in [0.4, 0.5) is 0 Å². The van der Waals surface area contributed by atoms with Gasteiger partial charge in [-0.25, -0.2) is 0 Å². The van der Waals surface area contributed by atoms with E-state index in [1.807, 2.05) is 73.7 Å². The number of nitrogens with zero attached hydrogens (tertiary/aromatic N) is 1. The van der Waals surface area contributed by atoms with Crippen LogP contribution in [0.15, 0.2) is 78.9 Å². The van der Waals surface area contributed by atoms with Crippen molar-refractivity contribution < 1.29 is 14.3 Å². The van der Waals surface area contributed by atoms with Crippen LogP contribution in [0.3, 0.4) is 0 Å². The van der Waals surface area contributed by atoms with Gasteiger partial charge in [0.25, 0.3) is 0 Å². The molecule has 0 aromatic heterocycles. The molecule has 1 atom stereocenters. The molecule has 0 saturated carbocycles. The number of nitrogens with one attached hydrogen (secondary N) is 1. The highest BCUT2D eigenvalue weighted by Crippen LogP contribution is 2.26. The van der Waals surface area contributed by atoms with Crippen LogP contribution in [0, 0.1) is 0 Å². The number of amides is 2. The Morgan fingerprint density at radius 3 is 2.18 bits per heavy atom. The van der Waals surface area contributed by atoms with E-state index >= 15 is 0 Å². The summed E-state index contributed by atoms with van der Waals surface area (Å²) in [6.45, 7) is 2.62. The Balaban J connectivity index is 1.89. The van der Waals surface area contributed by atoms with Crippen molar-refractivity contribution in [3.63, 3.8) is 0 Å². The Bertz CT molecular complexity index is 1040. The van der Waals surface area contributed by atoms with Gasteiger partial charge < -0.3 is 15.0 Å². The number of rotatable bonds is 10. The van der Waals surface area contributed by atoms with E-state index in [1.165, 1.54) is 0 Å². The fourth-order valence-corrected chi connectivity index (χ4v) is 3.73. The molecule has 0 saturated heterocycles. The minimum Gasteiger partial charge on any atom is -0.497 e. The summed E-state index contributed by atoms with van der Waals surface area (Å²) in [7, 11) is 1.61. The number of hydrogen-bond acceptors (Lipinski definition) is 3. The van der Waals surface area contributed by atoms with Gasteiger partial charge >= 0.3 is 0 Å². The zero-order valence-corrected chi connectivity index (χ0v) is 19.7.